The Morgan fingerprint density at radius 1 is 1.08 bits per heavy atom. The normalized spacial score (nSPS) is 22.6. The lowest BCUT2D eigenvalue weighted by atomic mass is 9.65. The average Bonchev–Trinajstić information content (AvgIpc) is 2.90. The van der Waals surface area contributed by atoms with Crippen LogP contribution in [0, 0.1) is 12.3 Å². The summed E-state index contributed by atoms with van der Waals surface area (Å²) in [4.78, 5) is 62.9. The third-order valence-corrected chi connectivity index (χ3v) is 8.08. The molecule has 1 aromatic carbocycles. The maximum atomic E-state index is 14.3. The second kappa shape index (κ2) is 8.54. The topological polar surface area (TPSA) is 104 Å². The van der Waals surface area contributed by atoms with Gasteiger partial charge in [0.05, 0.1) is 11.6 Å². The van der Waals surface area contributed by atoms with Crippen LogP contribution in [0.25, 0.3) is 5.65 Å². The van der Waals surface area contributed by atoms with Crippen molar-refractivity contribution in [3.63, 3.8) is 0 Å². The number of nitrogens with one attached hydrogen (secondary N) is 1. The monoisotopic (exact) mass is 499 g/mol. The molecule has 9 heteroatoms. The van der Waals surface area contributed by atoms with Crippen LogP contribution in [0.15, 0.2) is 47.4 Å². The van der Waals surface area contributed by atoms with Gasteiger partial charge in [-0.2, -0.15) is 0 Å². The van der Waals surface area contributed by atoms with Crippen LogP contribution in [0.4, 0.5) is 10.6 Å². The number of aromatic nitrogens is 2. The summed E-state index contributed by atoms with van der Waals surface area (Å²) >= 11 is 0. The van der Waals surface area contributed by atoms with E-state index in [-0.39, 0.29) is 18.5 Å². The van der Waals surface area contributed by atoms with E-state index in [1.165, 1.54) is 9.30 Å². The van der Waals surface area contributed by atoms with Gasteiger partial charge < -0.3 is 4.90 Å². The quantitative estimate of drug-likeness (QED) is 0.437. The molecule has 6 rings (SSSR count). The van der Waals surface area contributed by atoms with E-state index in [1.807, 2.05) is 49.1 Å². The molecule has 190 valence electrons. The minimum absolute atomic E-state index is 0.122. The molecule has 3 aromatic rings. The Morgan fingerprint density at radius 2 is 1.89 bits per heavy atom. The number of anilines is 1. The summed E-state index contributed by atoms with van der Waals surface area (Å²) in [7, 11) is 0. The van der Waals surface area contributed by atoms with Gasteiger partial charge in [-0.1, -0.05) is 50.1 Å². The first-order chi connectivity index (χ1) is 17.9. The number of fused-ring (bicyclic) bond motifs is 7. The number of unbranched alkanes of at least 4 members (excludes halogenated alkanes) is 2. The smallest absolute Gasteiger partial charge is 0.330 e. The number of amides is 4. The van der Waals surface area contributed by atoms with Crippen LogP contribution in [-0.2, 0) is 22.4 Å². The lowest BCUT2D eigenvalue weighted by Gasteiger charge is -2.53. The zero-order chi connectivity index (χ0) is 25.9. The maximum Gasteiger partial charge on any atom is 0.330 e. The van der Waals surface area contributed by atoms with Crippen molar-refractivity contribution < 1.29 is 14.4 Å². The molecule has 1 spiro atoms. The molecule has 0 aliphatic carbocycles. The van der Waals surface area contributed by atoms with E-state index in [2.05, 4.69) is 5.32 Å². The highest BCUT2D eigenvalue weighted by molar-refractivity contribution is 6.20. The van der Waals surface area contributed by atoms with Crippen LogP contribution >= 0.6 is 0 Å². The lowest BCUT2D eigenvalue weighted by Crippen LogP contribution is -2.70. The number of carbonyl (C=O) groups excluding carboxylic acids is 3. The number of hydrogen-bond donors (Lipinski definition) is 1. The minimum Gasteiger partial charge on any atom is -0.347 e. The number of barbiturate groups is 1. The van der Waals surface area contributed by atoms with Gasteiger partial charge in [0.25, 0.3) is 5.56 Å². The second-order valence-electron chi connectivity index (χ2n) is 10.2. The summed E-state index contributed by atoms with van der Waals surface area (Å²) in [6, 6.07) is 10.1. The standard InChI is InChI=1S/C28H29N5O4/c1-3-4-7-13-33-26(36)28(25(35)30-27(33)37)16-20-23(29-22-17(2)9-8-14-32(22)24(20)34)31-15-12-18-10-5-6-11-19(18)21(28)31/h5-6,8-11,14,21H,3-4,7,12-13,15-16H2,1-2H3,(H,30,35,37). The number of hydrogen-bond acceptors (Lipinski definition) is 6. The van der Waals surface area contributed by atoms with Gasteiger partial charge >= 0.3 is 6.03 Å². The van der Waals surface area contributed by atoms with Gasteiger partial charge in [0.15, 0.2) is 5.41 Å². The van der Waals surface area contributed by atoms with Gasteiger partial charge in [0.2, 0.25) is 11.8 Å². The minimum atomic E-state index is -1.66. The van der Waals surface area contributed by atoms with Crippen LogP contribution in [-0.4, -0.2) is 45.2 Å². The predicted octanol–water partition coefficient (Wildman–Crippen LogP) is 2.92. The Balaban J connectivity index is 1.61. The third kappa shape index (κ3) is 3.26. The Labute approximate surface area is 214 Å². The van der Waals surface area contributed by atoms with Crippen molar-refractivity contribution in [2.45, 2.75) is 52.0 Å². The molecule has 3 aliphatic rings. The van der Waals surface area contributed by atoms with Gasteiger partial charge in [-0.15, -0.1) is 0 Å². The largest absolute Gasteiger partial charge is 0.347 e. The molecule has 4 amide bonds. The molecule has 37 heavy (non-hydrogen) atoms. The van der Waals surface area contributed by atoms with E-state index >= 15 is 0 Å². The maximum absolute atomic E-state index is 14.3. The summed E-state index contributed by atoms with van der Waals surface area (Å²) in [6.07, 6.45) is 4.66. The fourth-order valence-corrected chi connectivity index (χ4v) is 6.24. The van der Waals surface area contributed by atoms with Crippen molar-refractivity contribution in [3.05, 3.63) is 75.2 Å². The fraction of sp³-hybridized carbons (Fsp3) is 0.393. The number of imide groups is 2. The van der Waals surface area contributed by atoms with Crippen molar-refractivity contribution in [1.29, 1.82) is 0 Å². The van der Waals surface area contributed by atoms with Crippen LogP contribution in [0.2, 0.25) is 0 Å². The highest BCUT2D eigenvalue weighted by Crippen LogP contribution is 2.52. The number of nitrogens with zero attached hydrogens (tertiary/aromatic N) is 4. The second-order valence-corrected chi connectivity index (χ2v) is 10.2. The number of rotatable bonds is 4. The number of urea groups is 1. The Kier molecular flexibility index (Phi) is 5.40. The lowest BCUT2D eigenvalue weighted by molar-refractivity contribution is -0.154. The molecule has 9 nitrogen and oxygen atoms in total. The van der Waals surface area contributed by atoms with Crippen molar-refractivity contribution >= 4 is 29.3 Å². The first-order valence-electron chi connectivity index (χ1n) is 12.9. The predicted molar refractivity (Wildman–Crippen MR) is 137 cm³/mol. The zero-order valence-corrected chi connectivity index (χ0v) is 21.0. The van der Waals surface area contributed by atoms with E-state index in [9.17, 15) is 19.2 Å². The molecule has 0 bridgehead atoms. The molecule has 1 saturated heterocycles. The summed E-state index contributed by atoms with van der Waals surface area (Å²) < 4.78 is 1.48. The highest BCUT2D eigenvalue weighted by atomic mass is 16.2. The molecule has 0 saturated carbocycles. The van der Waals surface area contributed by atoms with Crippen LogP contribution in [0.3, 0.4) is 0 Å². The molecule has 2 unspecified atom stereocenters. The SMILES string of the molecule is CCCCCN1C(=O)NC(=O)C2(Cc3c(nc4c(C)cccn4c3=O)N3CCc4ccccc4C32)C1=O. The molecule has 1 N–H and O–H groups in total. The number of aryl methyl sites for hydroxylation is 1. The summed E-state index contributed by atoms with van der Waals surface area (Å²) in [6.45, 7) is 4.67. The Morgan fingerprint density at radius 3 is 2.70 bits per heavy atom. The molecule has 2 atom stereocenters. The van der Waals surface area contributed by atoms with E-state index in [4.69, 9.17) is 4.98 Å². The Bertz CT molecular complexity index is 1530. The zero-order valence-electron chi connectivity index (χ0n) is 21.0. The summed E-state index contributed by atoms with van der Waals surface area (Å²) in [5.74, 6) is -0.678. The van der Waals surface area contributed by atoms with Crippen molar-refractivity contribution in [2.24, 2.45) is 5.41 Å². The van der Waals surface area contributed by atoms with E-state index in [0.29, 0.717) is 36.4 Å². The highest BCUT2D eigenvalue weighted by Gasteiger charge is 2.64. The first-order valence-corrected chi connectivity index (χ1v) is 12.9. The van der Waals surface area contributed by atoms with E-state index in [1.54, 1.807) is 12.3 Å². The van der Waals surface area contributed by atoms with Crippen molar-refractivity contribution in [2.75, 3.05) is 18.0 Å². The third-order valence-electron chi connectivity index (χ3n) is 8.08. The average molecular weight is 500 g/mol. The number of carbonyl (C=O) groups is 3. The number of pyridine rings is 1. The molecule has 5 heterocycles. The van der Waals surface area contributed by atoms with E-state index < -0.39 is 29.3 Å². The molecular weight excluding hydrogens is 470 g/mol. The first kappa shape index (κ1) is 23.4. The molecule has 3 aliphatic heterocycles. The summed E-state index contributed by atoms with van der Waals surface area (Å²) in [5, 5.41) is 2.48. The molecule has 2 aromatic heterocycles. The Hall–Kier alpha value is -4.01. The van der Waals surface area contributed by atoms with Gasteiger partial charge in [-0.05, 0) is 42.5 Å². The van der Waals surface area contributed by atoms with Gasteiger partial charge in [-0.3, -0.25) is 29.0 Å². The van der Waals surface area contributed by atoms with Crippen LogP contribution in [0.5, 0.6) is 0 Å². The van der Waals surface area contributed by atoms with Crippen molar-refractivity contribution in [3.8, 4) is 0 Å². The molecule has 1 fully saturated rings. The van der Waals surface area contributed by atoms with Crippen LogP contribution < -0.4 is 15.8 Å². The summed E-state index contributed by atoms with van der Waals surface area (Å²) in [5.41, 5.74) is 1.68. The van der Waals surface area contributed by atoms with Crippen LogP contribution in [0.1, 0.15) is 54.5 Å². The van der Waals surface area contributed by atoms with Gasteiger partial charge in [0, 0.05) is 25.7 Å². The molecule has 0 radical (unpaired) electrons. The molecular formula is C28H29N5O4. The van der Waals surface area contributed by atoms with Gasteiger partial charge in [-0.25, -0.2) is 9.78 Å². The van der Waals surface area contributed by atoms with Crippen molar-refractivity contribution in [1.82, 2.24) is 19.6 Å². The van der Waals surface area contributed by atoms with E-state index in [0.717, 1.165) is 29.5 Å². The fourth-order valence-electron chi connectivity index (χ4n) is 6.24. The van der Waals surface area contributed by atoms with Gasteiger partial charge in [0.1, 0.15) is 11.5 Å². The number of benzene rings is 1.